The van der Waals surface area contributed by atoms with Gasteiger partial charge in [-0.15, -0.1) is 0 Å². The minimum absolute atomic E-state index is 0.737. The lowest BCUT2D eigenvalue weighted by Gasteiger charge is -1.94. The van der Waals surface area contributed by atoms with Crippen molar-refractivity contribution in [2.45, 2.75) is 52.5 Å². The van der Waals surface area contributed by atoms with Gasteiger partial charge in [0.2, 0.25) is 0 Å². The number of rotatable bonds is 3. The van der Waals surface area contributed by atoms with Crippen molar-refractivity contribution in [3.8, 4) is 0 Å². The summed E-state index contributed by atoms with van der Waals surface area (Å²) in [6.45, 7) is 6.19. The van der Waals surface area contributed by atoms with Gasteiger partial charge in [-0.3, -0.25) is 4.68 Å². The fourth-order valence-electron chi connectivity index (χ4n) is 1.31. The summed E-state index contributed by atoms with van der Waals surface area (Å²) >= 11 is 0. The lowest BCUT2D eigenvalue weighted by molar-refractivity contribution is 0.627. The van der Waals surface area contributed by atoms with Crippen LogP contribution in [-0.2, 0) is 6.42 Å². The molecule has 13 heavy (non-hydrogen) atoms. The highest BCUT2D eigenvalue weighted by Gasteiger charge is 2.23. The van der Waals surface area contributed by atoms with Crippen LogP contribution in [0.4, 0.5) is 0 Å². The SMILES string of the molecule is CC.CCCc1ccn(C2CC2)n1. The van der Waals surface area contributed by atoms with Crippen LogP contribution in [0.5, 0.6) is 0 Å². The average Bonchev–Trinajstić information content (AvgIpc) is 2.92. The molecule has 1 fully saturated rings. The van der Waals surface area contributed by atoms with Crippen LogP contribution in [0.1, 0.15) is 51.8 Å². The van der Waals surface area contributed by atoms with Crippen molar-refractivity contribution >= 4 is 0 Å². The summed E-state index contributed by atoms with van der Waals surface area (Å²) in [6, 6.07) is 2.88. The summed E-state index contributed by atoms with van der Waals surface area (Å²) in [5.74, 6) is 0. The van der Waals surface area contributed by atoms with Crippen molar-refractivity contribution in [1.82, 2.24) is 9.78 Å². The Morgan fingerprint density at radius 1 is 1.46 bits per heavy atom. The topological polar surface area (TPSA) is 17.8 Å². The standard InChI is InChI=1S/C9H14N2.C2H6/c1-2-3-8-6-7-11(10-8)9-4-5-9;1-2/h6-7,9H,2-5H2,1H3;1-2H3. The van der Waals surface area contributed by atoms with E-state index in [-0.39, 0.29) is 0 Å². The molecule has 0 aromatic carbocycles. The fraction of sp³-hybridized carbons (Fsp3) is 0.727. The smallest absolute Gasteiger partial charge is 0.0624 e. The second kappa shape index (κ2) is 5.05. The van der Waals surface area contributed by atoms with Crippen LogP contribution in [0.2, 0.25) is 0 Å². The highest BCUT2D eigenvalue weighted by molar-refractivity contribution is 5.01. The van der Waals surface area contributed by atoms with Gasteiger partial charge in [0.05, 0.1) is 11.7 Å². The van der Waals surface area contributed by atoms with E-state index < -0.39 is 0 Å². The molecule has 1 aliphatic carbocycles. The van der Waals surface area contributed by atoms with E-state index in [9.17, 15) is 0 Å². The van der Waals surface area contributed by atoms with Crippen LogP contribution in [0, 0.1) is 0 Å². The third-order valence-electron chi connectivity index (χ3n) is 2.09. The predicted molar refractivity (Wildman–Crippen MR) is 55.8 cm³/mol. The van der Waals surface area contributed by atoms with E-state index in [1.165, 1.54) is 25.0 Å². The predicted octanol–water partition coefficient (Wildman–Crippen LogP) is 3.20. The molecule has 0 bridgehead atoms. The van der Waals surface area contributed by atoms with Gasteiger partial charge < -0.3 is 0 Å². The Morgan fingerprint density at radius 3 is 2.69 bits per heavy atom. The Hall–Kier alpha value is -0.790. The zero-order valence-corrected chi connectivity index (χ0v) is 8.95. The minimum Gasteiger partial charge on any atom is -0.269 e. The molecule has 1 aromatic heterocycles. The first-order chi connectivity index (χ1) is 6.40. The van der Waals surface area contributed by atoms with Crippen LogP contribution in [0.3, 0.4) is 0 Å². The Morgan fingerprint density at radius 2 is 2.15 bits per heavy atom. The molecular formula is C11H20N2. The molecule has 0 radical (unpaired) electrons. The molecule has 1 aromatic rings. The van der Waals surface area contributed by atoms with Gasteiger partial charge in [0.1, 0.15) is 0 Å². The first-order valence-electron chi connectivity index (χ1n) is 5.44. The van der Waals surface area contributed by atoms with Crippen LogP contribution < -0.4 is 0 Å². The molecule has 0 atom stereocenters. The van der Waals surface area contributed by atoms with Crippen molar-refractivity contribution in [2.24, 2.45) is 0 Å². The normalized spacial score (nSPS) is 15.0. The Balaban J connectivity index is 0.000000396. The quantitative estimate of drug-likeness (QED) is 0.698. The van der Waals surface area contributed by atoms with E-state index in [2.05, 4.69) is 29.0 Å². The molecule has 2 heteroatoms. The maximum absolute atomic E-state index is 4.48. The summed E-state index contributed by atoms with van der Waals surface area (Å²) in [6.07, 6.45) is 7.09. The monoisotopic (exact) mass is 180 g/mol. The van der Waals surface area contributed by atoms with E-state index in [1.807, 2.05) is 13.8 Å². The third-order valence-corrected chi connectivity index (χ3v) is 2.09. The van der Waals surface area contributed by atoms with E-state index in [0.717, 1.165) is 12.5 Å². The second-order valence-corrected chi connectivity index (χ2v) is 3.27. The molecule has 0 saturated heterocycles. The highest BCUT2D eigenvalue weighted by Crippen LogP contribution is 2.33. The zero-order valence-electron chi connectivity index (χ0n) is 8.95. The van der Waals surface area contributed by atoms with Gasteiger partial charge in [-0.2, -0.15) is 5.10 Å². The molecule has 0 unspecified atom stereocenters. The largest absolute Gasteiger partial charge is 0.269 e. The van der Waals surface area contributed by atoms with Gasteiger partial charge in [-0.25, -0.2) is 0 Å². The van der Waals surface area contributed by atoms with Crippen molar-refractivity contribution in [3.63, 3.8) is 0 Å². The number of nitrogens with zero attached hydrogens (tertiary/aromatic N) is 2. The zero-order chi connectivity index (χ0) is 9.68. The molecule has 1 heterocycles. The fourth-order valence-corrected chi connectivity index (χ4v) is 1.31. The summed E-state index contributed by atoms with van der Waals surface area (Å²) in [7, 11) is 0. The van der Waals surface area contributed by atoms with Crippen LogP contribution in [0.25, 0.3) is 0 Å². The van der Waals surface area contributed by atoms with Gasteiger partial charge >= 0.3 is 0 Å². The van der Waals surface area contributed by atoms with Crippen molar-refractivity contribution in [3.05, 3.63) is 18.0 Å². The Kier molecular flexibility index (Phi) is 4.00. The van der Waals surface area contributed by atoms with Crippen molar-refractivity contribution < 1.29 is 0 Å². The second-order valence-electron chi connectivity index (χ2n) is 3.27. The maximum Gasteiger partial charge on any atom is 0.0624 e. The first kappa shape index (κ1) is 10.3. The van der Waals surface area contributed by atoms with Crippen molar-refractivity contribution in [1.29, 1.82) is 0 Å². The Bertz CT molecular complexity index is 236. The molecule has 0 amide bonds. The molecule has 1 saturated carbocycles. The Labute approximate surface area is 81.0 Å². The van der Waals surface area contributed by atoms with E-state index in [1.54, 1.807) is 0 Å². The van der Waals surface area contributed by atoms with Gasteiger partial charge in [-0.05, 0) is 25.3 Å². The number of aryl methyl sites for hydroxylation is 1. The summed E-state index contributed by atoms with van der Waals surface area (Å²) in [4.78, 5) is 0. The van der Waals surface area contributed by atoms with Gasteiger partial charge in [-0.1, -0.05) is 27.2 Å². The number of hydrogen-bond acceptors (Lipinski definition) is 1. The van der Waals surface area contributed by atoms with Gasteiger partial charge in [0.15, 0.2) is 0 Å². The summed E-state index contributed by atoms with van der Waals surface area (Å²) in [5, 5.41) is 4.48. The number of aromatic nitrogens is 2. The summed E-state index contributed by atoms with van der Waals surface area (Å²) < 4.78 is 2.12. The number of hydrogen-bond donors (Lipinski definition) is 0. The average molecular weight is 180 g/mol. The van der Waals surface area contributed by atoms with Gasteiger partial charge in [0.25, 0.3) is 0 Å². The highest BCUT2D eigenvalue weighted by atomic mass is 15.3. The maximum atomic E-state index is 4.48. The molecule has 0 spiro atoms. The minimum atomic E-state index is 0.737. The van der Waals surface area contributed by atoms with E-state index in [4.69, 9.17) is 0 Å². The van der Waals surface area contributed by atoms with Gasteiger partial charge in [0, 0.05) is 6.20 Å². The summed E-state index contributed by atoms with van der Waals surface area (Å²) in [5.41, 5.74) is 1.25. The molecule has 0 N–H and O–H groups in total. The lowest BCUT2D eigenvalue weighted by atomic mass is 10.3. The lowest BCUT2D eigenvalue weighted by Crippen LogP contribution is -1.95. The van der Waals surface area contributed by atoms with Crippen LogP contribution >= 0.6 is 0 Å². The molecular weight excluding hydrogens is 160 g/mol. The van der Waals surface area contributed by atoms with Crippen molar-refractivity contribution in [2.75, 3.05) is 0 Å². The molecule has 0 aliphatic heterocycles. The molecule has 1 aliphatic rings. The third kappa shape index (κ3) is 2.87. The molecule has 2 nitrogen and oxygen atoms in total. The first-order valence-corrected chi connectivity index (χ1v) is 5.44. The van der Waals surface area contributed by atoms with E-state index >= 15 is 0 Å². The molecule has 2 rings (SSSR count). The van der Waals surface area contributed by atoms with Crippen LogP contribution in [-0.4, -0.2) is 9.78 Å². The van der Waals surface area contributed by atoms with E-state index in [0.29, 0.717) is 0 Å². The molecule has 74 valence electrons. The van der Waals surface area contributed by atoms with Crippen LogP contribution in [0.15, 0.2) is 12.3 Å².